The summed E-state index contributed by atoms with van der Waals surface area (Å²) in [6.07, 6.45) is -15.4. The van der Waals surface area contributed by atoms with Crippen LogP contribution in [0.4, 0.5) is 0 Å². The zero-order valence-corrected chi connectivity index (χ0v) is 22.5. The summed E-state index contributed by atoms with van der Waals surface area (Å²) < 4.78 is 15.4. The predicted molar refractivity (Wildman–Crippen MR) is 142 cm³/mol. The Labute approximate surface area is 241 Å². The third kappa shape index (κ3) is 7.27. The first-order chi connectivity index (χ1) is 20.0. The second-order valence-electron chi connectivity index (χ2n) is 9.62. The smallest absolute Gasteiger partial charge is 0.343 e. The van der Waals surface area contributed by atoms with E-state index in [1.807, 2.05) is 0 Å². The third-order valence-corrected chi connectivity index (χ3v) is 6.30. The maximum atomic E-state index is 12.8. The van der Waals surface area contributed by atoms with Gasteiger partial charge in [-0.1, -0.05) is 0 Å². The number of benzene rings is 2. The lowest BCUT2D eigenvalue weighted by atomic mass is 10.0. The summed E-state index contributed by atoms with van der Waals surface area (Å²) in [5, 5.41) is 97.7. The number of fused-ring (bicyclic) bond motifs is 1. The van der Waals surface area contributed by atoms with Crippen molar-refractivity contribution >= 4 is 22.9 Å². The summed E-state index contributed by atoms with van der Waals surface area (Å²) in [6.45, 7) is 2.23. The molecule has 16 heteroatoms. The van der Waals surface area contributed by atoms with Crippen molar-refractivity contribution in [2.24, 2.45) is 0 Å². The molecule has 0 saturated heterocycles. The molecule has 0 bridgehead atoms. The quantitative estimate of drug-likeness (QED) is 0.0800. The Kier molecular flexibility index (Phi) is 10.4. The number of ether oxygens (including phenoxy) is 2. The van der Waals surface area contributed by atoms with Crippen molar-refractivity contribution in [1.29, 1.82) is 0 Å². The summed E-state index contributed by atoms with van der Waals surface area (Å²) in [4.78, 5) is 37.2. The highest BCUT2D eigenvalue weighted by Gasteiger charge is 2.35. The van der Waals surface area contributed by atoms with Crippen molar-refractivity contribution in [3.05, 3.63) is 46.6 Å². The number of carbonyl (C=O) groups excluding carboxylic acids is 2. The zero-order chi connectivity index (χ0) is 32.3. The molecule has 0 radical (unpaired) electrons. The maximum Gasteiger partial charge on any atom is 0.343 e. The van der Waals surface area contributed by atoms with E-state index in [0.29, 0.717) is 0 Å². The molecule has 1 heterocycles. The lowest BCUT2D eigenvalue weighted by Gasteiger charge is -2.23. The standard InChI is InChI=1S/C27H30O16/c1-9(28)17(31)20(34)23(37)26(39)41-12-5-3-11(4-6-12)25-22(36)19(33)16-14(30)7-13(8-15(16)43-25)42-27(40)24(38)21(35)18(32)10(2)29/h3-10,17-18,20-21,23-24,28-32,34-38H,1-2H3/t9-,10-,17-,18-,20+,21+,23+,24+/m1/s1. The molecular formula is C27H30O16. The fraction of sp³-hybridized carbons (Fsp3) is 0.370. The zero-order valence-electron chi connectivity index (χ0n) is 22.5. The fourth-order valence-electron chi connectivity index (χ4n) is 3.77. The summed E-state index contributed by atoms with van der Waals surface area (Å²) >= 11 is 0. The molecule has 0 aliphatic heterocycles. The average Bonchev–Trinajstić information content (AvgIpc) is 2.96. The first-order valence-electron chi connectivity index (χ1n) is 12.6. The summed E-state index contributed by atoms with van der Waals surface area (Å²) in [7, 11) is 0. The Morgan fingerprint density at radius 2 is 1.16 bits per heavy atom. The molecule has 1 aromatic heterocycles. The van der Waals surface area contributed by atoms with Gasteiger partial charge in [0.1, 0.15) is 52.6 Å². The minimum Gasteiger partial charge on any atom is -0.507 e. The molecule has 10 N–H and O–H groups in total. The van der Waals surface area contributed by atoms with E-state index in [9.17, 15) is 65.4 Å². The maximum absolute atomic E-state index is 12.8. The highest BCUT2D eigenvalue weighted by atomic mass is 16.6. The topological polar surface area (TPSA) is 285 Å². The van der Waals surface area contributed by atoms with Crippen LogP contribution in [0, 0.1) is 0 Å². The van der Waals surface area contributed by atoms with Gasteiger partial charge in [-0.2, -0.15) is 0 Å². The number of phenolic OH excluding ortho intramolecular Hbond substituents is 1. The monoisotopic (exact) mass is 610 g/mol. The van der Waals surface area contributed by atoms with Crippen LogP contribution >= 0.6 is 0 Å². The SMILES string of the molecule is C[C@@H](O)[C@@H](O)[C@H](O)[C@H](O)C(=O)Oc1ccc(-c2oc3cc(OC(=O)[C@@H](O)[C@@H](O)[C@H](O)[C@@H](C)O)cc(O)c3c(=O)c2O)cc1. The molecule has 8 atom stereocenters. The van der Waals surface area contributed by atoms with Gasteiger partial charge in [0.05, 0.1) is 12.2 Å². The van der Waals surface area contributed by atoms with Gasteiger partial charge in [-0.25, -0.2) is 9.59 Å². The number of hydrogen-bond acceptors (Lipinski definition) is 16. The number of aliphatic hydroxyl groups is 8. The lowest BCUT2D eigenvalue weighted by molar-refractivity contribution is -0.160. The van der Waals surface area contributed by atoms with Crippen LogP contribution in [0.3, 0.4) is 0 Å². The minimum atomic E-state index is -2.31. The van der Waals surface area contributed by atoms with Crippen LogP contribution in [0.15, 0.2) is 45.6 Å². The first-order valence-corrected chi connectivity index (χ1v) is 12.6. The van der Waals surface area contributed by atoms with Crippen LogP contribution < -0.4 is 14.9 Å². The minimum absolute atomic E-state index is 0.0361. The molecule has 3 aromatic rings. The third-order valence-electron chi connectivity index (χ3n) is 6.30. The van der Waals surface area contributed by atoms with E-state index in [2.05, 4.69) is 0 Å². The molecule has 43 heavy (non-hydrogen) atoms. The summed E-state index contributed by atoms with van der Waals surface area (Å²) in [6, 6.07) is 6.49. The molecular weight excluding hydrogens is 580 g/mol. The lowest BCUT2D eigenvalue weighted by Crippen LogP contribution is -2.48. The molecule has 0 aliphatic rings. The normalized spacial score (nSPS) is 17.3. The van der Waals surface area contributed by atoms with Crippen LogP contribution in [-0.4, -0.2) is 112 Å². The number of carbonyl (C=O) groups is 2. The largest absolute Gasteiger partial charge is 0.507 e. The Morgan fingerprint density at radius 1 is 0.698 bits per heavy atom. The van der Waals surface area contributed by atoms with E-state index in [-0.39, 0.29) is 11.3 Å². The van der Waals surface area contributed by atoms with Crippen molar-refractivity contribution in [3.63, 3.8) is 0 Å². The van der Waals surface area contributed by atoms with Gasteiger partial charge in [-0.15, -0.1) is 0 Å². The van der Waals surface area contributed by atoms with Crippen LogP contribution in [-0.2, 0) is 9.59 Å². The van der Waals surface area contributed by atoms with Gasteiger partial charge >= 0.3 is 11.9 Å². The van der Waals surface area contributed by atoms with E-state index < -0.39 is 100 Å². The van der Waals surface area contributed by atoms with Gasteiger partial charge in [0.15, 0.2) is 18.0 Å². The van der Waals surface area contributed by atoms with Crippen LogP contribution in [0.1, 0.15) is 13.8 Å². The number of hydrogen-bond donors (Lipinski definition) is 10. The number of esters is 2. The molecule has 0 spiro atoms. The molecule has 0 unspecified atom stereocenters. The van der Waals surface area contributed by atoms with E-state index in [4.69, 9.17) is 13.9 Å². The van der Waals surface area contributed by atoms with Gasteiger partial charge in [0.25, 0.3) is 0 Å². The second-order valence-corrected chi connectivity index (χ2v) is 9.62. The van der Waals surface area contributed by atoms with Crippen molar-refractivity contribution in [1.82, 2.24) is 0 Å². The van der Waals surface area contributed by atoms with Crippen molar-refractivity contribution in [3.8, 4) is 34.3 Å². The van der Waals surface area contributed by atoms with E-state index in [0.717, 1.165) is 38.1 Å². The first kappa shape index (κ1) is 33.4. The van der Waals surface area contributed by atoms with Crippen molar-refractivity contribution in [2.45, 2.75) is 62.7 Å². The highest BCUT2D eigenvalue weighted by Crippen LogP contribution is 2.36. The van der Waals surface area contributed by atoms with Gasteiger partial charge in [-0.3, -0.25) is 4.79 Å². The summed E-state index contributed by atoms with van der Waals surface area (Å²) in [5.74, 6) is -5.68. The van der Waals surface area contributed by atoms with Gasteiger partial charge < -0.3 is 65.0 Å². The van der Waals surface area contributed by atoms with Gasteiger partial charge in [-0.05, 0) is 38.1 Å². The molecule has 0 saturated carbocycles. The molecule has 16 nitrogen and oxygen atoms in total. The Hall–Kier alpha value is -4.13. The fourth-order valence-corrected chi connectivity index (χ4v) is 3.77. The molecule has 234 valence electrons. The number of aliphatic hydroxyl groups excluding tert-OH is 8. The summed E-state index contributed by atoms with van der Waals surface area (Å²) in [5.41, 5.74) is -1.45. The van der Waals surface area contributed by atoms with Crippen molar-refractivity contribution < 1.29 is 74.5 Å². The van der Waals surface area contributed by atoms with Crippen LogP contribution in [0.5, 0.6) is 23.0 Å². The van der Waals surface area contributed by atoms with Gasteiger partial charge in [0, 0.05) is 17.7 Å². The van der Waals surface area contributed by atoms with Crippen LogP contribution in [0.25, 0.3) is 22.3 Å². The molecule has 0 aliphatic carbocycles. The Morgan fingerprint density at radius 3 is 1.63 bits per heavy atom. The number of rotatable bonds is 11. The Bertz CT molecular complexity index is 1510. The molecule has 3 rings (SSSR count). The molecule has 0 fully saturated rings. The van der Waals surface area contributed by atoms with Crippen molar-refractivity contribution in [2.75, 3.05) is 0 Å². The average molecular weight is 611 g/mol. The van der Waals surface area contributed by atoms with Crippen LogP contribution in [0.2, 0.25) is 0 Å². The number of aromatic hydroxyl groups is 2. The Balaban J connectivity index is 1.87. The van der Waals surface area contributed by atoms with Gasteiger partial charge in [0.2, 0.25) is 11.2 Å². The van der Waals surface area contributed by atoms with E-state index >= 15 is 0 Å². The van der Waals surface area contributed by atoms with E-state index in [1.54, 1.807) is 0 Å². The molecule has 0 amide bonds. The second kappa shape index (κ2) is 13.4. The number of phenols is 1. The predicted octanol–water partition coefficient (Wildman–Crippen LogP) is -2.39. The highest BCUT2D eigenvalue weighted by molar-refractivity contribution is 5.89. The van der Waals surface area contributed by atoms with E-state index in [1.165, 1.54) is 12.1 Å². The molecule has 2 aromatic carbocycles.